The Bertz CT molecular complexity index is 1820. The number of hydrogen-bond donors (Lipinski definition) is 0. The SMILES string of the molecule is CCOC(=O)C1=C(C)N=c2s/c(=C/c3ccc(OCc4cccc(F)c4)cc3)c(=O)n2[C@@H]1c1ccccc1OC(C)C. The zero-order valence-electron chi connectivity index (χ0n) is 23.8. The van der Waals surface area contributed by atoms with Crippen LogP contribution in [-0.2, 0) is 16.1 Å². The van der Waals surface area contributed by atoms with Crippen LogP contribution in [0.25, 0.3) is 6.08 Å². The van der Waals surface area contributed by atoms with E-state index >= 15 is 0 Å². The number of aromatic nitrogens is 1. The summed E-state index contributed by atoms with van der Waals surface area (Å²) in [5, 5.41) is 0. The fraction of sp³-hybridized carbons (Fsp3) is 0.242. The largest absolute Gasteiger partial charge is 0.491 e. The number of ether oxygens (including phenoxy) is 3. The van der Waals surface area contributed by atoms with Gasteiger partial charge in [0.2, 0.25) is 0 Å². The summed E-state index contributed by atoms with van der Waals surface area (Å²) >= 11 is 1.25. The number of allylic oxidation sites excluding steroid dienone is 1. The van der Waals surface area contributed by atoms with Gasteiger partial charge in [0.05, 0.1) is 28.5 Å². The third kappa shape index (κ3) is 6.21. The number of para-hydroxylation sites is 1. The van der Waals surface area contributed by atoms with Crippen LogP contribution in [0.3, 0.4) is 0 Å². The van der Waals surface area contributed by atoms with Crippen molar-refractivity contribution in [1.82, 2.24) is 4.57 Å². The summed E-state index contributed by atoms with van der Waals surface area (Å²) in [5.41, 5.74) is 2.72. The summed E-state index contributed by atoms with van der Waals surface area (Å²) in [4.78, 5) is 32.3. The minimum atomic E-state index is -0.768. The van der Waals surface area contributed by atoms with E-state index in [4.69, 9.17) is 14.2 Å². The highest BCUT2D eigenvalue weighted by atomic mass is 32.1. The summed E-state index contributed by atoms with van der Waals surface area (Å²) in [6, 6.07) is 20.2. The van der Waals surface area contributed by atoms with Gasteiger partial charge in [-0.15, -0.1) is 0 Å². The van der Waals surface area contributed by atoms with Gasteiger partial charge in [-0.25, -0.2) is 14.2 Å². The maximum atomic E-state index is 13.9. The van der Waals surface area contributed by atoms with Crippen LogP contribution in [0.5, 0.6) is 11.5 Å². The molecule has 0 saturated heterocycles. The molecule has 0 unspecified atom stereocenters. The first kappa shape index (κ1) is 29.0. The molecule has 0 radical (unpaired) electrons. The molecule has 1 atom stereocenters. The number of nitrogens with zero attached hydrogens (tertiary/aromatic N) is 2. The van der Waals surface area contributed by atoms with Crippen molar-refractivity contribution in [3.8, 4) is 11.5 Å². The van der Waals surface area contributed by atoms with Crippen molar-refractivity contribution in [2.75, 3.05) is 6.61 Å². The molecule has 0 aliphatic carbocycles. The zero-order valence-corrected chi connectivity index (χ0v) is 24.6. The highest BCUT2D eigenvalue weighted by Gasteiger charge is 2.35. The van der Waals surface area contributed by atoms with Gasteiger partial charge < -0.3 is 14.2 Å². The van der Waals surface area contributed by atoms with Crippen LogP contribution in [0.4, 0.5) is 4.39 Å². The molecule has 0 N–H and O–H groups in total. The van der Waals surface area contributed by atoms with Crippen molar-refractivity contribution in [1.29, 1.82) is 0 Å². The molecule has 0 bridgehead atoms. The molecule has 0 amide bonds. The third-order valence-electron chi connectivity index (χ3n) is 6.57. The van der Waals surface area contributed by atoms with E-state index < -0.39 is 12.0 Å². The van der Waals surface area contributed by atoms with E-state index in [0.29, 0.717) is 37.7 Å². The molecule has 5 rings (SSSR count). The van der Waals surface area contributed by atoms with E-state index in [9.17, 15) is 14.0 Å². The van der Waals surface area contributed by atoms with Gasteiger partial charge in [-0.3, -0.25) is 9.36 Å². The predicted molar refractivity (Wildman–Crippen MR) is 160 cm³/mol. The van der Waals surface area contributed by atoms with E-state index in [1.54, 1.807) is 48.8 Å². The van der Waals surface area contributed by atoms with Gasteiger partial charge in [0.1, 0.15) is 30.0 Å². The molecule has 0 saturated carbocycles. The number of halogens is 1. The normalized spacial score (nSPS) is 14.9. The zero-order chi connectivity index (χ0) is 29.8. The van der Waals surface area contributed by atoms with Crippen molar-refractivity contribution in [2.24, 2.45) is 4.99 Å². The van der Waals surface area contributed by atoms with Crippen molar-refractivity contribution in [3.05, 3.63) is 126 Å². The van der Waals surface area contributed by atoms with Crippen LogP contribution >= 0.6 is 11.3 Å². The lowest BCUT2D eigenvalue weighted by Gasteiger charge is -2.26. The highest BCUT2D eigenvalue weighted by molar-refractivity contribution is 7.07. The van der Waals surface area contributed by atoms with Crippen LogP contribution < -0.4 is 24.4 Å². The average molecular weight is 587 g/mol. The summed E-state index contributed by atoms with van der Waals surface area (Å²) in [7, 11) is 0. The lowest BCUT2D eigenvalue weighted by Crippen LogP contribution is -2.40. The quantitative estimate of drug-likeness (QED) is 0.249. The summed E-state index contributed by atoms with van der Waals surface area (Å²) in [5.74, 6) is 0.369. The molecule has 0 fully saturated rings. The van der Waals surface area contributed by atoms with Crippen LogP contribution in [-0.4, -0.2) is 23.2 Å². The molecule has 1 aliphatic heterocycles. The van der Waals surface area contributed by atoms with E-state index in [0.717, 1.165) is 11.1 Å². The van der Waals surface area contributed by atoms with Gasteiger partial charge in [0.25, 0.3) is 5.56 Å². The van der Waals surface area contributed by atoms with Crippen LogP contribution in [0, 0.1) is 5.82 Å². The maximum absolute atomic E-state index is 13.9. The Morgan fingerprint density at radius 2 is 1.86 bits per heavy atom. The van der Waals surface area contributed by atoms with E-state index in [-0.39, 0.29) is 30.7 Å². The van der Waals surface area contributed by atoms with Gasteiger partial charge in [-0.05, 0) is 75.2 Å². The second-order valence-corrected chi connectivity index (χ2v) is 11.0. The Morgan fingerprint density at radius 3 is 2.57 bits per heavy atom. The second kappa shape index (κ2) is 12.6. The molecule has 1 aliphatic rings. The second-order valence-electron chi connectivity index (χ2n) is 9.99. The first-order valence-electron chi connectivity index (χ1n) is 13.7. The molecular formula is C33H31FN2O5S. The lowest BCUT2D eigenvalue weighted by molar-refractivity contribution is -0.139. The Balaban J connectivity index is 1.53. The first-order chi connectivity index (χ1) is 20.2. The van der Waals surface area contributed by atoms with Crippen molar-refractivity contribution in [2.45, 2.75) is 46.4 Å². The van der Waals surface area contributed by atoms with Crippen LogP contribution in [0.15, 0.2) is 93.9 Å². The number of carbonyl (C=O) groups excluding carboxylic acids is 1. The molecular weight excluding hydrogens is 555 g/mol. The number of benzene rings is 3. The number of rotatable bonds is 9. The van der Waals surface area contributed by atoms with Gasteiger partial charge in [-0.1, -0.05) is 53.8 Å². The topological polar surface area (TPSA) is 79.1 Å². The molecule has 42 heavy (non-hydrogen) atoms. The van der Waals surface area contributed by atoms with E-state index in [2.05, 4.69) is 4.99 Å². The Kier molecular flexibility index (Phi) is 8.68. The third-order valence-corrected chi connectivity index (χ3v) is 7.55. The standard InChI is InChI=1S/C33H31FN2O5S/c1-5-39-32(38)29-21(4)35-33-36(30(29)26-11-6-7-12-27(26)41-20(2)3)31(37)28(42-33)18-22-13-15-25(16-14-22)40-19-23-9-8-10-24(34)17-23/h6-18,20,30H,5,19H2,1-4H3/b28-18+/t30-/m1/s1. The Labute approximate surface area is 246 Å². The van der Waals surface area contributed by atoms with Crippen molar-refractivity contribution >= 4 is 23.4 Å². The molecule has 1 aromatic heterocycles. The fourth-order valence-corrected chi connectivity index (χ4v) is 5.81. The Hall–Kier alpha value is -4.50. The number of thiazole rings is 1. The molecule has 216 valence electrons. The van der Waals surface area contributed by atoms with Gasteiger partial charge in [0.15, 0.2) is 4.80 Å². The number of esters is 1. The Morgan fingerprint density at radius 1 is 1.10 bits per heavy atom. The lowest BCUT2D eigenvalue weighted by atomic mass is 9.95. The van der Waals surface area contributed by atoms with Crippen LogP contribution in [0.2, 0.25) is 0 Å². The van der Waals surface area contributed by atoms with Gasteiger partial charge >= 0.3 is 5.97 Å². The van der Waals surface area contributed by atoms with Crippen molar-refractivity contribution < 1.29 is 23.4 Å². The number of hydrogen-bond acceptors (Lipinski definition) is 7. The summed E-state index contributed by atoms with van der Waals surface area (Å²) < 4.78 is 32.7. The minimum Gasteiger partial charge on any atom is -0.491 e. The smallest absolute Gasteiger partial charge is 0.338 e. The van der Waals surface area contributed by atoms with Crippen LogP contribution in [0.1, 0.15) is 50.4 Å². The summed E-state index contributed by atoms with van der Waals surface area (Å²) in [6.45, 7) is 7.77. The van der Waals surface area contributed by atoms with Gasteiger partial charge in [0, 0.05) is 5.56 Å². The average Bonchev–Trinajstić information content (AvgIpc) is 3.26. The van der Waals surface area contributed by atoms with Gasteiger partial charge in [-0.2, -0.15) is 0 Å². The maximum Gasteiger partial charge on any atom is 0.338 e. The molecule has 9 heteroatoms. The number of carbonyl (C=O) groups is 1. The van der Waals surface area contributed by atoms with Crippen molar-refractivity contribution in [3.63, 3.8) is 0 Å². The number of fused-ring (bicyclic) bond motifs is 1. The minimum absolute atomic E-state index is 0.112. The molecule has 7 nitrogen and oxygen atoms in total. The monoisotopic (exact) mass is 586 g/mol. The summed E-state index contributed by atoms with van der Waals surface area (Å²) in [6.07, 6.45) is 1.68. The van der Waals surface area contributed by atoms with E-state index in [1.807, 2.05) is 50.2 Å². The predicted octanol–water partition coefficient (Wildman–Crippen LogP) is 5.30. The fourth-order valence-electron chi connectivity index (χ4n) is 4.76. The molecule has 3 aromatic carbocycles. The highest BCUT2D eigenvalue weighted by Crippen LogP contribution is 2.36. The molecule has 2 heterocycles. The van der Waals surface area contributed by atoms with E-state index in [1.165, 1.54) is 23.5 Å². The molecule has 4 aromatic rings. The molecule has 0 spiro atoms. The first-order valence-corrected chi connectivity index (χ1v) is 14.5.